The van der Waals surface area contributed by atoms with E-state index in [0.717, 1.165) is 18.9 Å². The zero-order chi connectivity index (χ0) is 14.9. The zero-order valence-corrected chi connectivity index (χ0v) is 13.5. The Morgan fingerprint density at radius 2 is 1.84 bits per heavy atom. The van der Waals surface area contributed by atoms with Crippen LogP contribution in [0.25, 0.3) is 0 Å². The molecular formula is C15H32N2O2. The number of ether oxygens (including phenoxy) is 1. The van der Waals surface area contributed by atoms with E-state index in [1.807, 2.05) is 20.8 Å². The van der Waals surface area contributed by atoms with E-state index in [1.54, 1.807) is 0 Å². The first-order valence-corrected chi connectivity index (χ1v) is 7.44. The molecule has 0 aromatic heterocycles. The molecular weight excluding hydrogens is 240 g/mol. The summed E-state index contributed by atoms with van der Waals surface area (Å²) in [6.45, 7) is 13.9. The summed E-state index contributed by atoms with van der Waals surface area (Å²) in [5, 5.41) is 6.24. The SMILES string of the molecule is CCC(C)CC(C)NCCCNC(=O)OC(C)(C)C. The van der Waals surface area contributed by atoms with Crippen LogP contribution >= 0.6 is 0 Å². The fourth-order valence-corrected chi connectivity index (χ4v) is 1.80. The lowest BCUT2D eigenvalue weighted by Crippen LogP contribution is -2.35. The molecule has 0 aliphatic carbocycles. The van der Waals surface area contributed by atoms with E-state index in [1.165, 1.54) is 12.8 Å². The van der Waals surface area contributed by atoms with E-state index in [-0.39, 0.29) is 6.09 Å². The van der Waals surface area contributed by atoms with Crippen LogP contribution in [0.2, 0.25) is 0 Å². The van der Waals surface area contributed by atoms with Crippen LogP contribution in [0.5, 0.6) is 0 Å². The molecule has 0 radical (unpaired) electrons. The molecule has 0 aromatic carbocycles. The van der Waals surface area contributed by atoms with Gasteiger partial charge in [-0.25, -0.2) is 4.79 Å². The number of hydrogen-bond donors (Lipinski definition) is 2. The van der Waals surface area contributed by atoms with Crippen molar-refractivity contribution in [3.63, 3.8) is 0 Å². The number of amides is 1. The van der Waals surface area contributed by atoms with Gasteiger partial charge in [-0.15, -0.1) is 0 Å². The molecule has 4 heteroatoms. The second-order valence-corrected chi connectivity index (χ2v) is 6.39. The van der Waals surface area contributed by atoms with Crippen LogP contribution in [-0.4, -0.2) is 30.8 Å². The molecule has 0 aliphatic rings. The number of nitrogens with one attached hydrogen (secondary N) is 2. The molecule has 0 aromatic rings. The lowest BCUT2D eigenvalue weighted by molar-refractivity contribution is 0.0527. The molecule has 1 amide bonds. The topological polar surface area (TPSA) is 50.4 Å². The molecule has 0 spiro atoms. The van der Waals surface area contributed by atoms with Crippen molar-refractivity contribution in [1.82, 2.24) is 10.6 Å². The summed E-state index contributed by atoms with van der Waals surface area (Å²) in [5.41, 5.74) is -0.423. The van der Waals surface area contributed by atoms with Crippen LogP contribution in [0.15, 0.2) is 0 Å². The minimum atomic E-state index is -0.423. The molecule has 0 bridgehead atoms. The summed E-state index contributed by atoms with van der Waals surface area (Å²) in [5.74, 6) is 0.766. The maximum Gasteiger partial charge on any atom is 0.407 e. The summed E-state index contributed by atoms with van der Waals surface area (Å²) in [6, 6.07) is 0.538. The van der Waals surface area contributed by atoms with Gasteiger partial charge in [-0.3, -0.25) is 0 Å². The first-order valence-electron chi connectivity index (χ1n) is 7.44. The predicted molar refractivity (Wildman–Crippen MR) is 80.4 cm³/mol. The van der Waals surface area contributed by atoms with E-state index in [4.69, 9.17) is 4.74 Å². The van der Waals surface area contributed by atoms with Crippen LogP contribution in [-0.2, 0) is 4.74 Å². The summed E-state index contributed by atoms with van der Waals surface area (Å²) in [4.78, 5) is 11.4. The highest BCUT2D eigenvalue weighted by molar-refractivity contribution is 5.67. The van der Waals surface area contributed by atoms with Crippen molar-refractivity contribution in [1.29, 1.82) is 0 Å². The van der Waals surface area contributed by atoms with E-state index in [0.29, 0.717) is 12.6 Å². The van der Waals surface area contributed by atoms with Gasteiger partial charge in [0, 0.05) is 12.6 Å². The minimum absolute atomic E-state index is 0.333. The van der Waals surface area contributed by atoms with Gasteiger partial charge in [0.2, 0.25) is 0 Å². The van der Waals surface area contributed by atoms with Crippen LogP contribution in [0.3, 0.4) is 0 Å². The van der Waals surface area contributed by atoms with Gasteiger partial charge in [0.15, 0.2) is 0 Å². The molecule has 0 saturated heterocycles. The average Bonchev–Trinajstić information content (AvgIpc) is 2.25. The molecule has 0 rings (SSSR count). The minimum Gasteiger partial charge on any atom is -0.444 e. The highest BCUT2D eigenvalue weighted by Crippen LogP contribution is 2.09. The van der Waals surface area contributed by atoms with Crippen molar-refractivity contribution >= 4 is 6.09 Å². The van der Waals surface area contributed by atoms with Crippen LogP contribution in [0.4, 0.5) is 4.79 Å². The second-order valence-electron chi connectivity index (χ2n) is 6.39. The quantitative estimate of drug-likeness (QED) is 0.666. The fourth-order valence-electron chi connectivity index (χ4n) is 1.80. The van der Waals surface area contributed by atoms with Crippen molar-refractivity contribution in [3.05, 3.63) is 0 Å². The van der Waals surface area contributed by atoms with Gasteiger partial charge in [0.1, 0.15) is 5.60 Å². The number of hydrogen-bond acceptors (Lipinski definition) is 3. The van der Waals surface area contributed by atoms with Crippen LogP contribution < -0.4 is 10.6 Å². The number of carbonyl (C=O) groups excluding carboxylic acids is 1. The van der Waals surface area contributed by atoms with E-state index < -0.39 is 5.60 Å². The molecule has 0 fully saturated rings. The Bertz CT molecular complexity index is 249. The Morgan fingerprint density at radius 3 is 2.37 bits per heavy atom. The molecule has 0 saturated carbocycles. The Morgan fingerprint density at radius 1 is 1.21 bits per heavy atom. The first-order chi connectivity index (χ1) is 8.74. The Balaban J connectivity index is 3.52. The summed E-state index contributed by atoms with van der Waals surface area (Å²) < 4.78 is 5.16. The summed E-state index contributed by atoms with van der Waals surface area (Å²) >= 11 is 0. The maximum absolute atomic E-state index is 11.4. The van der Waals surface area contributed by atoms with E-state index in [2.05, 4.69) is 31.4 Å². The molecule has 4 nitrogen and oxygen atoms in total. The Kier molecular flexibility index (Phi) is 8.81. The third-order valence-corrected chi connectivity index (χ3v) is 2.97. The number of rotatable bonds is 8. The van der Waals surface area contributed by atoms with Gasteiger partial charge in [0.25, 0.3) is 0 Å². The fraction of sp³-hybridized carbons (Fsp3) is 0.933. The number of carbonyl (C=O) groups is 1. The third kappa shape index (κ3) is 12.0. The normalized spacial score (nSPS) is 14.8. The highest BCUT2D eigenvalue weighted by Gasteiger charge is 2.15. The molecule has 0 heterocycles. The van der Waals surface area contributed by atoms with Crippen molar-refractivity contribution in [3.8, 4) is 0 Å². The molecule has 0 aliphatic heterocycles. The number of alkyl carbamates (subject to hydrolysis) is 1. The van der Waals surface area contributed by atoms with Gasteiger partial charge in [-0.1, -0.05) is 20.3 Å². The molecule has 2 atom stereocenters. The van der Waals surface area contributed by atoms with Crippen molar-refractivity contribution in [2.45, 2.75) is 72.4 Å². The smallest absolute Gasteiger partial charge is 0.407 e. The standard InChI is InChI=1S/C15H32N2O2/c1-7-12(2)11-13(3)16-9-8-10-17-14(18)19-15(4,5)6/h12-13,16H,7-11H2,1-6H3,(H,17,18). The summed E-state index contributed by atoms with van der Waals surface area (Å²) in [6.07, 6.45) is 3.02. The van der Waals surface area contributed by atoms with Gasteiger partial charge in [-0.2, -0.15) is 0 Å². The Labute approximate surface area is 118 Å². The largest absolute Gasteiger partial charge is 0.444 e. The van der Waals surface area contributed by atoms with Crippen LogP contribution in [0.1, 0.15) is 60.8 Å². The lowest BCUT2D eigenvalue weighted by Gasteiger charge is -2.20. The van der Waals surface area contributed by atoms with Gasteiger partial charge >= 0.3 is 6.09 Å². The highest BCUT2D eigenvalue weighted by atomic mass is 16.6. The van der Waals surface area contributed by atoms with Crippen molar-refractivity contribution in [2.75, 3.05) is 13.1 Å². The average molecular weight is 272 g/mol. The van der Waals surface area contributed by atoms with Crippen LogP contribution in [0, 0.1) is 5.92 Å². The van der Waals surface area contributed by atoms with Crippen molar-refractivity contribution in [2.24, 2.45) is 5.92 Å². The van der Waals surface area contributed by atoms with Crippen molar-refractivity contribution < 1.29 is 9.53 Å². The monoisotopic (exact) mass is 272 g/mol. The predicted octanol–water partition coefficient (Wildman–Crippen LogP) is 3.32. The zero-order valence-electron chi connectivity index (χ0n) is 13.5. The lowest BCUT2D eigenvalue weighted by atomic mass is 10.0. The van der Waals surface area contributed by atoms with Gasteiger partial charge < -0.3 is 15.4 Å². The van der Waals surface area contributed by atoms with Gasteiger partial charge in [0.05, 0.1) is 0 Å². The summed E-state index contributed by atoms with van der Waals surface area (Å²) in [7, 11) is 0. The molecule has 19 heavy (non-hydrogen) atoms. The first kappa shape index (κ1) is 18.2. The van der Waals surface area contributed by atoms with E-state index in [9.17, 15) is 4.79 Å². The third-order valence-electron chi connectivity index (χ3n) is 2.97. The van der Waals surface area contributed by atoms with E-state index >= 15 is 0 Å². The second kappa shape index (κ2) is 9.18. The molecule has 114 valence electrons. The molecule has 2 N–H and O–H groups in total. The Hall–Kier alpha value is -0.770. The maximum atomic E-state index is 11.4. The molecule has 2 unspecified atom stereocenters. The van der Waals surface area contributed by atoms with Gasteiger partial charge in [-0.05, 0) is 53.0 Å².